The molecule has 0 aromatic heterocycles. The molecule has 2 fully saturated rings. The summed E-state index contributed by atoms with van der Waals surface area (Å²) in [5.41, 5.74) is 0.578. The zero-order valence-electron chi connectivity index (χ0n) is 22.9. The molecule has 2 aliphatic heterocycles. The van der Waals surface area contributed by atoms with Gasteiger partial charge in [0.15, 0.2) is 11.5 Å². The highest BCUT2D eigenvalue weighted by atomic mass is 16.5. The lowest BCUT2D eigenvalue weighted by Gasteiger charge is -2.32. The van der Waals surface area contributed by atoms with Crippen LogP contribution in [0.15, 0.2) is 18.2 Å². The minimum atomic E-state index is -0.0256. The Labute approximate surface area is 221 Å². The van der Waals surface area contributed by atoms with E-state index in [1.165, 1.54) is 0 Å². The Hall–Kier alpha value is -2.36. The van der Waals surface area contributed by atoms with Crippen molar-refractivity contribution in [3.63, 3.8) is 0 Å². The van der Waals surface area contributed by atoms with Crippen LogP contribution in [0.25, 0.3) is 0 Å². The number of ether oxygens (including phenoxy) is 4. The molecule has 2 saturated heterocycles. The number of carbonyl (C=O) groups excluding carboxylic acids is 2. The highest BCUT2D eigenvalue weighted by molar-refractivity contribution is 5.95. The lowest BCUT2D eigenvalue weighted by atomic mass is 9.90. The van der Waals surface area contributed by atoms with E-state index in [9.17, 15) is 9.59 Å². The Bertz CT molecular complexity index is 858. The van der Waals surface area contributed by atoms with Crippen molar-refractivity contribution in [1.82, 2.24) is 15.5 Å². The van der Waals surface area contributed by atoms with Crippen molar-refractivity contribution >= 4 is 11.8 Å². The molecule has 0 saturated carbocycles. The topological polar surface area (TPSA) is 98.4 Å². The van der Waals surface area contributed by atoms with E-state index in [1.807, 2.05) is 18.7 Å². The smallest absolute Gasteiger partial charge is 0.254 e. The van der Waals surface area contributed by atoms with Gasteiger partial charge in [0.1, 0.15) is 0 Å². The Balaban J connectivity index is 1.59. The maximum absolute atomic E-state index is 13.6. The van der Waals surface area contributed by atoms with Crippen molar-refractivity contribution in [3.05, 3.63) is 23.8 Å². The number of amides is 2. The van der Waals surface area contributed by atoms with Gasteiger partial charge in [0.05, 0.1) is 13.7 Å². The summed E-state index contributed by atoms with van der Waals surface area (Å²) < 4.78 is 21.8. The first-order valence-corrected chi connectivity index (χ1v) is 13.6. The summed E-state index contributed by atoms with van der Waals surface area (Å²) in [4.78, 5) is 28.1. The second-order valence-corrected chi connectivity index (χ2v) is 10.3. The zero-order valence-corrected chi connectivity index (χ0v) is 22.9. The van der Waals surface area contributed by atoms with Gasteiger partial charge >= 0.3 is 0 Å². The number of methoxy groups -OCH3 is 2. The average molecular weight is 520 g/mol. The molecule has 1 aromatic carbocycles. The van der Waals surface area contributed by atoms with Crippen LogP contribution in [0.1, 0.15) is 56.3 Å². The van der Waals surface area contributed by atoms with Crippen molar-refractivity contribution in [2.75, 3.05) is 60.3 Å². The molecule has 2 heterocycles. The summed E-state index contributed by atoms with van der Waals surface area (Å²) in [7, 11) is 3.25. The number of hydrogen-bond acceptors (Lipinski definition) is 7. The third kappa shape index (κ3) is 8.86. The largest absolute Gasteiger partial charge is 0.493 e. The van der Waals surface area contributed by atoms with Crippen molar-refractivity contribution in [2.24, 2.45) is 11.8 Å². The quantitative estimate of drug-likeness (QED) is 0.365. The molecular formula is C28H45N3O6. The molecule has 2 amide bonds. The zero-order chi connectivity index (χ0) is 26.6. The van der Waals surface area contributed by atoms with Crippen LogP contribution in [0.3, 0.4) is 0 Å². The summed E-state index contributed by atoms with van der Waals surface area (Å²) in [6.07, 6.45) is 3.85. The van der Waals surface area contributed by atoms with Crippen LogP contribution >= 0.6 is 0 Å². The summed E-state index contributed by atoms with van der Waals surface area (Å²) in [6, 6.07) is 5.62. The molecule has 3 rings (SSSR count). The minimum Gasteiger partial charge on any atom is -0.493 e. The van der Waals surface area contributed by atoms with Gasteiger partial charge in [-0.3, -0.25) is 9.59 Å². The second-order valence-electron chi connectivity index (χ2n) is 10.3. The molecule has 0 aliphatic carbocycles. The van der Waals surface area contributed by atoms with Crippen molar-refractivity contribution in [2.45, 2.75) is 58.0 Å². The molecule has 9 heteroatoms. The van der Waals surface area contributed by atoms with E-state index in [0.29, 0.717) is 68.3 Å². The molecule has 2 N–H and O–H groups in total. The third-order valence-corrected chi connectivity index (χ3v) is 7.28. The van der Waals surface area contributed by atoms with E-state index in [1.54, 1.807) is 32.4 Å². The van der Waals surface area contributed by atoms with Gasteiger partial charge < -0.3 is 34.5 Å². The minimum absolute atomic E-state index is 0.0256. The van der Waals surface area contributed by atoms with Crippen LogP contribution < -0.4 is 20.1 Å². The normalized spacial score (nSPS) is 20.1. The molecule has 37 heavy (non-hydrogen) atoms. The van der Waals surface area contributed by atoms with Crippen LogP contribution in [0.4, 0.5) is 0 Å². The molecule has 9 nitrogen and oxygen atoms in total. The molecule has 208 valence electrons. The molecule has 0 spiro atoms. The fraction of sp³-hybridized carbons (Fsp3) is 0.714. The van der Waals surface area contributed by atoms with Crippen LogP contribution in [-0.2, 0) is 14.3 Å². The molecule has 2 unspecified atom stereocenters. The van der Waals surface area contributed by atoms with Crippen LogP contribution in [-0.4, -0.2) is 89.1 Å². The summed E-state index contributed by atoms with van der Waals surface area (Å²) >= 11 is 0. The van der Waals surface area contributed by atoms with E-state index in [-0.39, 0.29) is 23.9 Å². The highest BCUT2D eigenvalue weighted by Gasteiger charge is 2.32. The number of rotatable bonds is 14. The van der Waals surface area contributed by atoms with Gasteiger partial charge in [-0.25, -0.2) is 0 Å². The van der Waals surface area contributed by atoms with Crippen LogP contribution in [0.5, 0.6) is 11.5 Å². The van der Waals surface area contributed by atoms with Gasteiger partial charge in [0, 0.05) is 64.0 Å². The Morgan fingerprint density at radius 2 is 1.86 bits per heavy atom. The Morgan fingerprint density at radius 1 is 1.11 bits per heavy atom. The molecular weight excluding hydrogens is 474 g/mol. The van der Waals surface area contributed by atoms with E-state index in [0.717, 1.165) is 38.8 Å². The van der Waals surface area contributed by atoms with E-state index in [4.69, 9.17) is 18.9 Å². The first-order valence-electron chi connectivity index (χ1n) is 13.6. The van der Waals surface area contributed by atoms with Crippen LogP contribution in [0, 0.1) is 11.8 Å². The maximum Gasteiger partial charge on any atom is 0.254 e. The molecule has 1 aromatic rings. The summed E-state index contributed by atoms with van der Waals surface area (Å²) in [5.74, 6) is 1.90. The van der Waals surface area contributed by atoms with Gasteiger partial charge in [-0.2, -0.15) is 0 Å². The van der Waals surface area contributed by atoms with Crippen molar-refractivity contribution < 1.29 is 28.5 Å². The standard InChI is InChI=1S/C28H45N3O6/c1-20(2)31(28(33)21-6-8-25(35-4)26(16-21)37-13-5-12-34-3)19-23-18-29-17-22(23)7-9-27(32)30-24-10-14-36-15-11-24/h6,8,16,20,22-24,29H,5,7,9-15,17-19H2,1-4H3,(H,30,32). The lowest BCUT2D eigenvalue weighted by Crippen LogP contribution is -2.42. The fourth-order valence-electron chi connectivity index (χ4n) is 5.05. The fourth-order valence-corrected chi connectivity index (χ4v) is 5.05. The van der Waals surface area contributed by atoms with Gasteiger partial charge in [-0.1, -0.05) is 0 Å². The Morgan fingerprint density at radius 3 is 2.57 bits per heavy atom. The third-order valence-electron chi connectivity index (χ3n) is 7.28. The monoisotopic (exact) mass is 519 g/mol. The maximum atomic E-state index is 13.6. The average Bonchev–Trinajstić information content (AvgIpc) is 3.35. The van der Waals surface area contributed by atoms with E-state index < -0.39 is 0 Å². The predicted octanol–water partition coefficient (Wildman–Crippen LogP) is 2.87. The predicted molar refractivity (Wildman–Crippen MR) is 142 cm³/mol. The second kappa shape index (κ2) is 15.1. The first-order chi connectivity index (χ1) is 17.9. The van der Waals surface area contributed by atoms with Gasteiger partial charge in [-0.05, 0) is 76.2 Å². The number of hydrogen-bond donors (Lipinski definition) is 2. The van der Waals surface area contributed by atoms with Crippen molar-refractivity contribution in [3.8, 4) is 11.5 Å². The van der Waals surface area contributed by atoms with E-state index in [2.05, 4.69) is 10.6 Å². The van der Waals surface area contributed by atoms with Gasteiger partial charge in [-0.15, -0.1) is 0 Å². The number of nitrogens with zero attached hydrogens (tertiary/aromatic N) is 1. The van der Waals surface area contributed by atoms with Gasteiger partial charge in [0.25, 0.3) is 5.91 Å². The highest BCUT2D eigenvalue weighted by Crippen LogP contribution is 2.30. The molecule has 0 bridgehead atoms. The summed E-state index contributed by atoms with van der Waals surface area (Å²) in [6.45, 7) is 8.97. The molecule has 0 radical (unpaired) electrons. The lowest BCUT2D eigenvalue weighted by molar-refractivity contribution is -0.122. The molecule has 2 atom stereocenters. The first kappa shape index (κ1) is 29.2. The summed E-state index contributed by atoms with van der Waals surface area (Å²) in [5, 5.41) is 6.63. The van der Waals surface area contributed by atoms with Crippen molar-refractivity contribution in [1.29, 1.82) is 0 Å². The SMILES string of the molecule is COCCCOc1cc(C(=O)N(CC2CNCC2CCC(=O)NC2CCOCC2)C(C)C)ccc1OC. The van der Waals surface area contributed by atoms with Gasteiger partial charge in [0.2, 0.25) is 5.91 Å². The number of nitrogens with one attached hydrogen (secondary N) is 2. The van der Waals surface area contributed by atoms with Crippen LogP contribution in [0.2, 0.25) is 0 Å². The molecule has 2 aliphatic rings. The Kier molecular flexibility index (Phi) is 12.0. The number of benzene rings is 1. The van der Waals surface area contributed by atoms with E-state index >= 15 is 0 Å². The number of carbonyl (C=O) groups is 2.